The van der Waals surface area contributed by atoms with E-state index < -0.39 is 34.9 Å². The first-order valence-corrected chi connectivity index (χ1v) is 13.4. The van der Waals surface area contributed by atoms with E-state index in [0.717, 1.165) is 16.7 Å². The maximum absolute atomic E-state index is 13.6. The molecule has 2 aromatic rings. The first-order chi connectivity index (χ1) is 17.5. The maximum atomic E-state index is 13.6. The highest BCUT2D eigenvalue weighted by atomic mass is 32.2. The van der Waals surface area contributed by atoms with Crippen LogP contribution in [0.2, 0.25) is 0 Å². The highest BCUT2D eigenvalue weighted by Crippen LogP contribution is 2.40. The van der Waals surface area contributed by atoms with Gasteiger partial charge in [-0.25, -0.2) is 4.79 Å². The molecule has 3 atom stereocenters. The van der Waals surface area contributed by atoms with E-state index >= 15 is 0 Å². The van der Waals surface area contributed by atoms with Gasteiger partial charge >= 0.3 is 6.09 Å². The minimum Gasteiger partial charge on any atom is -0.447 e. The zero-order valence-corrected chi connectivity index (χ0v) is 22.9. The number of nitrogens with one attached hydrogen (secondary N) is 2. The molecule has 0 bridgehead atoms. The van der Waals surface area contributed by atoms with E-state index in [2.05, 4.69) is 10.6 Å². The SMILES string of the molecule is Cc1ccccc1CNC(=O)C1N(C(=O)C(O)[C@H](Cc2ccccc2)NC(=O)OC(C)C)CSC1(C)C. The standard InChI is InChI=1S/C28H37N3O5S/c1-18(2)36-27(35)30-22(15-20-12-7-6-8-13-20)23(32)26(34)31-17-37-28(4,5)24(31)25(33)29-16-21-14-10-9-11-19(21)3/h6-14,18,22-24,32H,15-17H2,1-5H3,(H,29,33)(H,30,35)/t22-,23?,24?/m0/s1. The van der Waals surface area contributed by atoms with Gasteiger partial charge in [0.1, 0.15) is 6.04 Å². The Morgan fingerprint density at radius 1 is 1.11 bits per heavy atom. The van der Waals surface area contributed by atoms with Crippen molar-refractivity contribution in [2.45, 2.75) is 76.6 Å². The summed E-state index contributed by atoms with van der Waals surface area (Å²) in [6.45, 7) is 9.58. The number of aryl methyl sites for hydroxylation is 1. The fourth-order valence-electron chi connectivity index (χ4n) is 4.35. The van der Waals surface area contributed by atoms with E-state index in [1.807, 2.05) is 75.4 Å². The predicted molar refractivity (Wildman–Crippen MR) is 145 cm³/mol. The van der Waals surface area contributed by atoms with Crippen LogP contribution < -0.4 is 10.6 Å². The van der Waals surface area contributed by atoms with Crippen LogP contribution in [0, 0.1) is 6.92 Å². The van der Waals surface area contributed by atoms with E-state index in [4.69, 9.17) is 4.74 Å². The predicted octanol–water partition coefficient (Wildman–Crippen LogP) is 3.40. The molecule has 0 radical (unpaired) electrons. The first kappa shape index (κ1) is 28.5. The van der Waals surface area contributed by atoms with Crippen molar-refractivity contribution < 1.29 is 24.2 Å². The molecule has 200 valence electrons. The van der Waals surface area contributed by atoms with Gasteiger partial charge in [-0.1, -0.05) is 54.6 Å². The van der Waals surface area contributed by atoms with Crippen LogP contribution in [0.5, 0.6) is 0 Å². The average molecular weight is 528 g/mol. The second kappa shape index (κ2) is 12.5. The molecule has 0 aromatic heterocycles. The number of alkyl carbamates (subject to hydrolysis) is 1. The van der Waals surface area contributed by atoms with Gasteiger partial charge in [-0.3, -0.25) is 9.59 Å². The number of aliphatic hydroxyl groups is 1. The fourth-order valence-corrected chi connectivity index (χ4v) is 5.49. The molecule has 1 heterocycles. The highest BCUT2D eigenvalue weighted by Gasteiger charge is 2.49. The Balaban J connectivity index is 1.78. The van der Waals surface area contributed by atoms with Crippen LogP contribution in [0.3, 0.4) is 0 Å². The van der Waals surface area contributed by atoms with Crippen LogP contribution in [0.1, 0.15) is 44.4 Å². The molecular weight excluding hydrogens is 490 g/mol. The van der Waals surface area contributed by atoms with Crippen molar-refractivity contribution in [2.75, 3.05) is 5.88 Å². The quantitative estimate of drug-likeness (QED) is 0.461. The normalized spacial score (nSPS) is 18.2. The lowest BCUT2D eigenvalue weighted by atomic mass is 9.97. The van der Waals surface area contributed by atoms with Gasteiger partial charge in [0.05, 0.1) is 18.0 Å². The Hall–Kier alpha value is -3.04. The van der Waals surface area contributed by atoms with Crippen molar-refractivity contribution >= 4 is 29.7 Å². The van der Waals surface area contributed by atoms with Crippen LogP contribution in [-0.2, 0) is 27.3 Å². The number of aliphatic hydroxyl groups excluding tert-OH is 1. The van der Waals surface area contributed by atoms with Crippen LogP contribution in [0.4, 0.5) is 4.79 Å². The molecule has 0 aliphatic carbocycles. The zero-order valence-electron chi connectivity index (χ0n) is 22.1. The molecule has 0 spiro atoms. The monoisotopic (exact) mass is 527 g/mol. The summed E-state index contributed by atoms with van der Waals surface area (Å²) in [5.74, 6) is -0.648. The van der Waals surface area contributed by atoms with Crippen molar-refractivity contribution in [1.29, 1.82) is 0 Å². The van der Waals surface area contributed by atoms with Crippen LogP contribution in [0.15, 0.2) is 54.6 Å². The summed E-state index contributed by atoms with van der Waals surface area (Å²) >= 11 is 1.47. The Morgan fingerprint density at radius 2 is 1.76 bits per heavy atom. The highest BCUT2D eigenvalue weighted by molar-refractivity contribution is 8.00. The largest absolute Gasteiger partial charge is 0.447 e. The summed E-state index contributed by atoms with van der Waals surface area (Å²) in [5.41, 5.74) is 2.90. The molecule has 8 nitrogen and oxygen atoms in total. The molecule has 3 N–H and O–H groups in total. The fraction of sp³-hybridized carbons (Fsp3) is 0.464. The van der Waals surface area contributed by atoms with Crippen molar-refractivity contribution in [3.8, 4) is 0 Å². The van der Waals surface area contributed by atoms with Gasteiger partial charge < -0.3 is 25.4 Å². The van der Waals surface area contributed by atoms with Gasteiger partial charge in [0, 0.05) is 11.3 Å². The van der Waals surface area contributed by atoms with Gasteiger partial charge in [0.2, 0.25) is 5.91 Å². The zero-order chi connectivity index (χ0) is 27.2. The molecule has 2 aromatic carbocycles. The third-order valence-electron chi connectivity index (χ3n) is 6.37. The molecule has 1 aliphatic rings. The third kappa shape index (κ3) is 7.49. The molecule has 9 heteroatoms. The molecule has 1 saturated heterocycles. The molecule has 1 aliphatic heterocycles. The Morgan fingerprint density at radius 3 is 2.41 bits per heavy atom. The van der Waals surface area contributed by atoms with Gasteiger partial charge in [-0.15, -0.1) is 11.8 Å². The van der Waals surface area contributed by atoms with Gasteiger partial charge in [-0.2, -0.15) is 0 Å². The van der Waals surface area contributed by atoms with Crippen LogP contribution in [0.25, 0.3) is 0 Å². The number of thioether (sulfide) groups is 1. The van der Waals surface area contributed by atoms with Gasteiger partial charge in [-0.05, 0) is 57.7 Å². The molecule has 1 fully saturated rings. The Kier molecular flexibility index (Phi) is 9.62. The minimum atomic E-state index is -1.57. The third-order valence-corrected chi connectivity index (χ3v) is 7.74. The lowest BCUT2D eigenvalue weighted by Gasteiger charge is -2.33. The van der Waals surface area contributed by atoms with E-state index in [1.54, 1.807) is 13.8 Å². The number of ether oxygens (including phenoxy) is 1. The number of amides is 3. The summed E-state index contributed by atoms with van der Waals surface area (Å²) in [5, 5.41) is 16.8. The molecule has 0 saturated carbocycles. The van der Waals surface area contributed by atoms with Crippen molar-refractivity contribution in [3.05, 3.63) is 71.3 Å². The molecule has 3 amide bonds. The number of rotatable bonds is 9. The second-order valence-corrected chi connectivity index (χ2v) is 11.7. The summed E-state index contributed by atoms with van der Waals surface area (Å²) in [6, 6.07) is 15.3. The van der Waals surface area contributed by atoms with Crippen LogP contribution in [-0.4, -0.2) is 62.8 Å². The first-order valence-electron chi connectivity index (χ1n) is 12.5. The minimum absolute atomic E-state index is 0.218. The summed E-state index contributed by atoms with van der Waals surface area (Å²) in [7, 11) is 0. The molecule has 2 unspecified atom stereocenters. The van der Waals surface area contributed by atoms with Crippen molar-refractivity contribution in [2.24, 2.45) is 0 Å². The lowest BCUT2D eigenvalue weighted by molar-refractivity contribution is -0.147. The lowest BCUT2D eigenvalue weighted by Crippen LogP contribution is -2.58. The number of hydrogen-bond donors (Lipinski definition) is 3. The summed E-state index contributed by atoms with van der Waals surface area (Å²) in [6.07, 6.45) is -2.43. The summed E-state index contributed by atoms with van der Waals surface area (Å²) in [4.78, 5) is 40.8. The van der Waals surface area contributed by atoms with E-state index in [-0.39, 0.29) is 24.3 Å². The van der Waals surface area contributed by atoms with Crippen LogP contribution >= 0.6 is 11.8 Å². The molecule has 3 rings (SSSR count). The molecular formula is C28H37N3O5S. The van der Waals surface area contributed by atoms with E-state index in [9.17, 15) is 19.5 Å². The number of hydrogen-bond acceptors (Lipinski definition) is 6. The average Bonchev–Trinajstić information content (AvgIpc) is 3.17. The number of carbonyl (C=O) groups excluding carboxylic acids is 3. The molecule has 37 heavy (non-hydrogen) atoms. The van der Waals surface area contributed by atoms with Gasteiger partial charge in [0.25, 0.3) is 5.91 Å². The van der Waals surface area contributed by atoms with Gasteiger partial charge in [0.15, 0.2) is 6.10 Å². The van der Waals surface area contributed by atoms with E-state index in [0.29, 0.717) is 6.54 Å². The number of benzene rings is 2. The summed E-state index contributed by atoms with van der Waals surface area (Å²) < 4.78 is 4.63. The topological polar surface area (TPSA) is 108 Å². The number of carbonyl (C=O) groups is 3. The van der Waals surface area contributed by atoms with Crippen molar-refractivity contribution in [3.63, 3.8) is 0 Å². The van der Waals surface area contributed by atoms with Crippen molar-refractivity contribution in [1.82, 2.24) is 15.5 Å². The smallest absolute Gasteiger partial charge is 0.407 e. The number of nitrogens with zero attached hydrogens (tertiary/aromatic N) is 1. The Bertz CT molecular complexity index is 1090. The maximum Gasteiger partial charge on any atom is 0.407 e. The van der Waals surface area contributed by atoms with E-state index in [1.165, 1.54) is 16.7 Å². The Labute approximate surface area is 223 Å². The second-order valence-electron chi connectivity index (χ2n) is 10.1.